The maximum atomic E-state index is 12.3. The Kier molecular flexibility index (Phi) is 5.66. The van der Waals surface area contributed by atoms with Crippen molar-refractivity contribution in [1.29, 1.82) is 0 Å². The quantitative estimate of drug-likeness (QED) is 0.579. The molecule has 132 valence electrons. The van der Waals surface area contributed by atoms with E-state index in [1.54, 1.807) is 29.2 Å². The van der Waals surface area contributed by atoms with Crippen LogP contribution in [0, 0.1) is 0 Å². The summed E-state index contributed by atoms with van der Waals surface area (Å²) in [6.07, 6.45) is 5.18. The minimum absolute atomic E-state index is 0.200. The fourth-order valence-electron chi connectivity index (χ4n) is 2.41. The first kappa shape index (κ1) is 17.7. The molecule has 0 aliphatic rings. The highest BCUT2D eigenvalue weighted by atomic mass is 32.1. The number of ether oxygens (including phenoxy) is 1. The van der Waals surface area contributed by atoms with Gasteiger partial charge in [0.15, 0.2) is 0 Å². The Bertz CT molecular complexity index is 908. The lowest BCUT2D eigenvalue weighted by Gasteiger charge is -2.19. The zero-order valence-corrected chi connectivity index (χ0v) is 15.0. The summed E-state index contributed by atoms with van der Waals surface area (Å²) in [7, 11) is 0. The summed E-state index contributed by atoms with van der Waals surface area (Å²) >= 11 is 1.46. The number of aromatic nitrogens is 1. The van der Waals surface area contributed by atoms with E-state index < -0.39 is 0 Å². The summed E-state index contributed by atoms with van der Waals surface area (Å²) in [5.41, 5.74) is 0.693. The van der Waals surface area contributed by atoms with E-state index in [4.69, 9.17) is 4.74 Å². The molecule has 3 rings (SSSR count). The van der Waals surface area contributed by atoms with Crippen molar-refractivity contribution in [1.82, 2.24) is 9.27 Å². The number of rotatable bonds is 7. The molecule has 0 bridgehead atoms. The molecule has 0 spiro atoms. The van der Waals surface area contributed by atoms with Crippen LogP contribution in [0.15, 0.2) is 74.0 Å². The van der Waals surface area contributed by atoms with Gasteiger partial charge in [-0.2, -0.15) is 4.37 Å². The number of hydrogen-bond donors (Lipinski definition) is 1. The van der Waals surface area contributed by atoms with Gasteiger partial charge in [0.2, 0.25) is 0 Å². The molecule has 2 aromatic carbocycles. The molecule has 0 fully saturated rings. The van der Waals surface area contributed by atoms with Crippen molar-refractivity contribution in [2.75, 3.05) is 18.4 Å². The van der Waals surface area contributed by atoms with E-state index >= 15 is 0 Å². The number of nitrogens with one attached hydrogen (secondary N) is 1. The first-order valence-corrected chi connectivity index (χ1v) is 8.87. The molecule has 6 heteroatoms. The summed E-state index contributed by atoms with van der Waals surface area (Å²) in [5, 5.41) is 3.91. The first-order valence-electron chi connectivity index (χ1n) is 8.09. The molecule has 0 saturated carbocycles. The molecule has 0 unspecified atom stereocenters. The van der Waals surface area contributed by atoms with Crippen LogP contribution in [-0.4, -0.2) is 28.4 Å². The van der Waals surface area contributed by atoms with E-state index in [0.29, 0.717) is 24.5 Å². The fraction of sp³-hybridized carbons (Fsp3) is 0.100. The van der Waals surface area contributed by atoms with Gasteiger partial charge in [-0.1, -0.05) is 12.2 Å². The number of fused-ring (bicyclic) bond motifs is 1. The van der Waals surface area contributed by atoms with Crippen molar-refractivity contribution >= 4 is 33.3 Å². The van der Waals surface area contributed by atoms with Gasteiger partial charge in [0.25, 0.3) is 0 Å². The third kappa shape index (κ3) is 4.29. The van der Waals surface area contributed by atoms with Crippen LogP contribution in [0.25, 0.3) is 10.1 Å². The third-order valence-electron chi connectivity index (χ3n) is 3.65. The van der Waals surface area contributed by atoms with Gasteiger partial charge in [0.1, 0.15) is 11.5 Å². The average Bonchev–Trinajstić information content (AvgIpc) is 3.11. The molecule has 3 aromatic rings. The molecule has 5 nitrogen and oxygen atoms in total. The van der Waals surface area contributed by atoms with Crippen molar-refractivity contribution in [2.24, 2.45) is 0 Å². The van der Waals surface area contributed by atoms with Crippen LogP contribution < -0.4 is 10.1 Å². The van der Waals surface area contributed by atoms with Crippen LogP contribution in [0.5, 0.6) is 11.5 Å². The van der Waals surface area contributed by atoms with Crippen LogP contribution in [0.1, 0.15) is 0 Å². The molecule has 0 atom stereocenters. The number of hydrogen-bond acceptors (Lipinski definition) is 4. The highest BCUT2D eigenvalue weighted by molar-refractivity contribution is 7.13. The van der Waals surface area contributed by atoms with Gasteiger partial charge in [-0.15, -0.1) is 13.2 Å². The number of urea groups is 1. The molecule has 26 heavy (non-hydrogen) atoms. The zero-order chi connectivity index (χ0) is 18.4. The van der Waals surface area contributed by atoms with Gasteiger partial charge >= 0.3 is 6.03 Å². The lowest BCUT2D eigenvalue weighted by Crippen LogP contribution is -2.35. The molecule has 2 amide bonds. The molecule has 0 radical (unpaired) electrons. The smallest absolute Gasteiger partial charge is 0.322 e. The Balaban J connectivity index is 1.64. The van der Waals surface area contributed by atoms with Crippen LogP contribution in [0.3, 0.4) is 0 Å². The van der Waals surface area contributed by atoms with E-state index in [2.05, 4.69) is 22.8 Å². The monoisotopic (exact) mass is 365 g/mol. The van der Waals surface area contributed by atoms with E-state index in [-0.39, 0.29) is 6.03 Å². The van der Waals surface area contributed by atoms with Crippen LogP contribution in [-0.2, 0) is 0 Å². The molecule has 1 N–H and O–H groups in total. The largest absolute Gasteiger partial charge is 0.457 e. The predicted molar refractivity (Wildman–Crippen MR) is 107 cm³/mol. The van der Waals surface area contributed by atoms with E-state index in [1.165, 1.54) is 11.5 Å². The minimum atomic E-state index is -0.200. The van der Waals surface area contributed by atoms with E-state index in [9.17, 15) is 4.79 Å². The Morgan fingerprint density at radius 3 is 2.50 bits per heavy atom. The predicted octanol–water partition coefficient (Wildman–Crippen LogP) is 5.29. The third-order valence-corrected chi connectivity index (χ3v) is 4.43. The van der Waals surface area contributed by atoms with Crippen molar-refractivity contribution < 1.29 is 9.53 Å². The summed E-state index contributed by atoms with van der Waals surface area (Å²) in [6.45, 7) is 8.24. The Labute approximate surface area is 156 Å². The Morgan fingerprint density at radius 1 is 1.12 bits per heavy atom. The summed E-state index contributed by atoms with van der Waals surface area (Å²) in [4.78, 5) is 13.9. The van der Waals surface area contributed by atoms with Gasteiger partial charge in [-0.3, -0.25) is 0 Å². The normalized spacial score (nSPS) is 10.3. The maximum absolute atomic E-state index is 12.3. The molecule has 1 aromatic heterocycles. The van der Waals surface area contributed by atoms with Crippen molar-refractivity contribution in [2.45, 2.75) is 0 Å². The Morgan fingerprint density at radius 2 is 1.81 bits per heavy atom. The van der Waals surface area contributed by atoms with Gasteiger partial charge < -0.3 is 15.0 Å². The number of anilines is 1. The lowest BCUT2D eigenvalue weighted by molar-refractivity contribution is 0.222. The molecule has 0 aliphatic carbocycles. The van der Waals surface area contributed by atoms with Crippen molar-refractivity contribution in [3.8, 4) is 11.5 Å². The van der Waals surface area contributed by atoms with Crippen LogP contribution in [0.2, 0.25) is 0 Å². The van der Waals surface area contributed by atoms with Gasteiger partial charge in [-0.05, 0) is 54.0 Å². The number of amides is 2. The van der Waals surface area contributed by atoms with Crippen LogP contribution in [0.4, 0.5) is 10.5 Å². The molecular weight excluding hydrogens is 346 g/mol. The second kappa shape index (κ2) is 8.31. The number of carbonyl (C=O) groups is 1. The number of benzene rings is 2. The zero-order valence-electron chi connectivity index (χ0n) is 14.2. The SMILES string of the molecule is C=CCN(CC=C)C(=O)Nc1ccc(Oc2ccc3sncc3c2)cc1. The van der Waals surface area contributed by atoms with E-state index in [0.717, 1.165) is 15.8 Å². The molecule has 0 saturated heterocycles. The van der Waals surface area contributed by atoms with Gasteiger partial charge in [0, 0.05) is 30.4 Å². The number of nitrogens with zero attached hydrogens (tertiary/aromatic N) is 2. The molecular formula is C20H19N3O2S. The minimum Gasteiger partial charge on any atom is -0.457 e. The highest BCUT2D eigenvalue weighted by Gasteiger charge is 2.10. The van der Waals surface area contributed by atoms with Crippen molar-refractivity contribution in [3.05, 3.63) is 74.0 Å². The summed E-state index contributed by atoms with van der Waals surface area (Å²) in [5.74, 6) is 1.44. The fourth-order valence-corrected chi connectivity index (χ4v) is 3.04. The Hall–Kier alpha value is -3.12. The maximum Gasteiger partial charge on any atom is 0.322 e. The van der Waals surface area contributed by atoms with Crippen LogP contribution >= 0.6 is 11.5 Å². The van der Waals surface area contributed by atoms with Gasteiger partial charge in [0.05, 0.1) is 4.70 Å². The summed E-state index contributed by atoms with van der Waals surface area (Å²) < 4.78 is 11.2. The second-order valence-electron chi connectivity index (χ2n) is 5.56. The number of carbonyl (C=O) groups excluding carboxylic acids is 1. The standard InChI is InChI=1S/C20H19N3O2S/c1-3-11-23(12-4-2)20(24)22-16-5-7-17(8-6-16)25-18-9-10-19-15(13-18)14-21-26-19/h3-10,13-14H,1-2,11-12H2,(H,22,24). The topological polar surface area (TPSA) is 54.5 Å². The highest BCUT2D eigenvalue weighted by Crippen LogP contribution is 2.28. The van der Waals surface area contributed by atoms with E-state index in [1.807, 2.05) is 36.5 Å². The lowest BCUT2D eigenvalue weighted by atomic mass is 10.2. The summed E-state index contributed by atoms with van der Waals surface area (Å²) in [6, 6.07) is 12.9. The average molecular weight is 365 g/mol. The molecule has 0 aliphatic heterocycles. The second-order valence-corrected chi connectivity index (χ2v) is 6.40. The molecule has 1 heterocycles. The van der Waals surface area contributed by atoms with Crippen molar-refractivity contribution in [3.63, 3.8) is 0 Å². The first-order chi connectivity index (χ1) is 12.7. The van der Waals surface area contributed by atoms with Gasteiger partial charge in [-0.25, -0.2) is 4.79 Å².